The van der Waals surface area contributed by atoms with Crippen LogP contribution in [0, 0.1) is 18.8 Å². The van der Waals surface area contributed by atoms with E-state index in [0.717, 1.165) is 0 Å². The fourth-order valence-corrected chi connectivity index (χ4v) is 5.65. The minimum atomic E-state index is -0.0758. The molecule has 3 unspecified atom stereocenters. The zero-order valence-electron chi connectivity index (χ0n) is 16.1. The van der Waals surface area contributed by atoms with Crippen molar-refractivity contribution in [3.05, 3.63) is 119 Å². The van der Waals surface area contributed by atoms with Gasteiger partial charge in [0.2, 0.25) is 0 Å². The highest BCUT2D eigenvalue weighted by atomic mass is 14.6. The van der Waals surface area contributed by atoms with Crippen molar-refractivity contribution >= 4 is 0 Å². The van der Waals surface area contributed by atoms with Gasteiger partial charge in [-0.05, 0) is 47.4 Å². The summed E-state index contributed by atoms with van der Waals surface area (Å²) in [6, 6.07) is 29.5. The Balaban J connectivity index is 1.89. The highest BCUT2D eigenvalue weighted by Crippen LogP contribution is 2.61. The summed E-state index contributed by atoms with van der Waals surface area (Å²) in [6.45, 7) is 4.59. The second kappa shape index (κ2) is 6.23. The summed E-state index contributed by atoms with van der Waals surface area (Å²) in [5.41, 5.74) is 7.15. The first-order chi connectivity index (χ1) is 13.2. The molecule has 0 nitrogen and oxygen atoms in total. The molecule has 0 aromatic heterocycles. The Bertz CT molecular complexity index is 942. The van der Waals surface area contributed by atoms with Crippen molar-refractivity contribution in [3.8, 4) is 0 Å². The largest absolute Gasteiger partial charge is 0.0851 e. The van der Waals surface area contributed by atoms with Crippen molar-refractivity contribution in [2.24, 2.45) is 11.8 Å². The van der Waals surface area contributed by atoms with Gasteiger partial charge >= 0.3 is 0 Å². The van der Waals surface area contributed by atoms with Crippen LogP contribution in [0.1, 0.15) is 47.1 Å². The Labute approximate surface area is 162 Å². The minimum Gasteiger partial charge on any atom is -0.0851 e. The fraction of sp³-hybridized carbons (Fsp3) is 0.259. The van der Waals surface area contributed by atoms with Gasteiger partial charge in [-0.2, -0.15) is 0 Å². The topological polar surface area (TPSA) is 0 Å². The van der Waals surface area contributed by atoms with Crippen LogP contribution in [0.5, 0.6) is 0 Å². The monoisotopic (exact) mass is 350 g/mol. The zero-order valence-corrected chi connectivity index (χ0v) is 16.1. The average molecular weight is 351 g/mol. The molecule has 0 heterocycles. The lowest BCUT2D eigenvalue weighted by Gasteiger charge is -2.41. The van der Waals surface area contributed by atoms with Crippen molar-refractivity contribution in [2.45, 2.75) is 31.6 Å². The minimum absolute atomic E-state index is 0.0758. The third kappa shape index (κ3) is 2.36. The third-order valence-corrected chi connectivity index (χ3v) is 6.71. The molecule has 5 rings (SSSR count). The number of aryl methyl sites for hydroxylation is 1. The second-order valence-corrected chi connectivity index (χ2v) is 8.36. The number of hydrogen-bond acceptors (Lipinski definition) is 0. The van der Waals surface area contributed by atoms with Gasteiger partial charge in [0.25, 0.3) is 0 Å². The van der Waals surface area contributed by atoms with Crippen LogP contribution in [0.15, 0.2) is 91.0 Å². The molecule has 0 bridgehead atoms. The summed E-state index contributed by atoms with van der Waals surface area (Å²) in [5, 5.41) is 0. The van der Waals surface area contributed by atoms with Crippen LogP contribution in [-0.2, 0) is 5.41 Å². The van der Waals surface area contributed by atoms with Gasteiger partial charge < -0.3 is 0 Å². The van der Waals surface area contributed by atoms with Gasteiger partial charge in [-0.3, -0.25) is 0 Å². The molecular weight excluding hydrogens is 324 g/mol. The van der Waals surface area contributed by atoms with E-state index >= 15 is 0 Å². The summed E-state index contributed by atoms with van der Waals surface area (Å²) >= 11 is 0. The van der Waals surface area contributed by atoms with Crippen LogP contribution in [0.4, 0.5) is 0 Å². The SMILES string of the molecule is Cc1ccc2c(c1)C(c1ccccc1)(c1ccccc1)C1CC(C)C=CC21. The van der Waals surface area contributed by atoms with Gasteiger partial charge in [0.05, 0.1) is 0 Å². The van der Waals surface area contributed by atoms with Gasteiger partial charge in [0, 0.05) is 11.3 Å². The Hall–Kier alpha value is -2.60. The van der Waals surface area contributed by atoms with E-state index < -0.39 is 0 Å². The molecule has 134 valence electrons. The van der Waals surface area contributed by atoms with Gasteiger partial charge in [-0.1, -0.05) is 104 Å². The molecule has 2 aliphatic rings. The summed E-state index contributed by atoms with van der Waals surface area (Å²) in [6.07, 6.45) is 6.14. The van der Waals surface area contributed by atoms with Crippen molar-refractivity contribution in [1.29, 1.82) is 0 Å². The van der Waals surface area contributed by atoms with Crippen molar-refractivity contribution < 1.29 is 0 Å². The third-order valence-electron chi connectivity index (χ3n) is 6.71. The van der Waals surface area contributed by atoms with E-state index in [1.165, 1.54) is 34.2 Å². The lowest BCUT2D eigenvalue weighted by atomic mass is 9.60. The first-order valence-electron chi connectivity index (χ1n) is 10.1. The van der Waals surface area contributed by atoms with E-state index in [-0.39, 0.29) is 5.41 Å². The molecule has 0 heteroatoms. The van der Waals surface area contributed by atoms with E-state index in [1.54, 1.807) is 0 Å². The normalized spacial score (nSPS) is 25.0. The maximum absolute atomic E-state index is 2.49. The van der Waals surface area contributed by atoms with E-state index in [2.05, 4.69) is 105 Å². The molecule has 0 fully saturated rings. The molecule has 0 saturated carbocycles. The van der Waals surface area contributed by atoms with Crippen molar-refractivity contribution in [3.63, 3.8) is 0 Å². The molecule has 3 atom stereocenters. The molecule has 0 aliphatic heterocycles. The number of allylic oxidation sites excluding steroid dienone is 2. The van der Waals surface area contributed by atoms with Crippen molar-refractivity contribution in [1.82, 2.24) is 0 Å². The molecule has 3 aromatic carbocycles. The molecule has 27 heavy (non-hydrogen) atoms. The Kier molecular flexibility index (Phi) is 3.82. The summed E-state index contributed by atoms with van der Waals surface area (Å²) in [7, 11) is 0. The highest BCUT2D eigenvalue weighted by Gasteiger charge is 2.54. The predicted octanol–water partition coefficient (Wildman–Crippen LogP) is 6.64. The van der Waals surface area contributed by atoms with Crippen LogP contribution in [-0.4, -0.2) is 0 Å². The summed E-state index contributed by atoms with van der Waals surface area (Å²) in [5.74, 6) is 1.67. The molecule has 0 saturated heterocycles. The predicted molar refractivity (Wildman–Crippen MR) is 113 cm³/mol. The summed E-state index contributed by atoms with van der Waals surface area (Å²) < 4.78 is 0. The quantitative estimate of drug-likeness (QED) is 0.455. The van der Waals surface area contributed by atoms with Crippen LogP contribution in [0.2, 0.25) is 0 Å². The Morgan fingerprint density at radius 2 is 1.41 bits per heavy atom. The standard InChI is InChI=1S/C27H26/c1-19-13-15-23-24-16-14-20(2)18-26(24)27(25(23)17-19,21-9-5-3-6-10-21)22-11-7-4-8-12-22/h3-17,20,24,26H,18H2,1-2H3. The van der Waals surface area contributed by atoms with E-state index in [1.807, 2.05) is 0 Å². The van der Waals surface area contributed by atoms with Gasteiger partial charge in [0.1, 0.15) is 0 Å². The number of hydrogen-bond donors (Lipinski definition) is 0. The number of benzene rings is 3. The van der Waals surface area contributed by atoms with Crippen LogP contribution in [0.3, 0.4) is 0 Å². The van der Waals surface area contributed by atoms with E-state index in [9.17, 15) is 0 Å². The fourth-order valence-electron chi connectivity index (χ4n) is 5.65. The zero-order chi connectivity index (χ0) is 18.4. The second-order valence-electron chi connectivity index (χ2n) is 8.36. The first kappa shape index (κ1) is 16.6. The van der Waals surface area contributed by atoms with Gasteiger partial charge in [-0.25, -0.2) is 0 Å². The molecule has 0 N–H and O–H groups in total. The average Bonchev–Trinajstić information content (AvgIpc) is 2.99. The molecular formula is C27H26. The van der Waals surface area contributed by atoms with Crippen molar-refractivity contribution in [2.75, 3.05) is 0 Å². The summed E-state index contributed by atoms with van der Waals surface area (Å²) in [4.78, 5) is 0. The number of fused-ring (bicyclic) bond motifs is 3. The number of rotatable bonds is 2. The Morgan fingerprint density at radius 1 is 0.778 bits per heavy atom. The van der Waals surface area contributed by atoms with E-state index in [0.29, 0.717) is 17.8 Å². The maximum Gasteiger partial charge on any atom is 0.0491 e. The molecule has 0 spiro atoms. The van der Waals surface area contributed by atoms with Crippen LogP contribution < -0.4 is 0 Å². The van der Waals surface area contributed by atoms with Crippen LogP contribution in [0.25, 0.3) is 0 Å². The Morgan fingerprint density at radius 3 is 2.04 bits per heavy atom. The smallest absolute Gasteiger partial charge is 0.0491 e. The van der Waals surface area contributed by atoms with Crippen LogP contribution >= 0.6 is 0 Å². The lowest BCUT2D eigenvalue weighted by Crippen LogP contribution is -2.37. The van der Waals surface area contributed by atoms with Gasteiger partial charge in [-0.15, -0.1) is 0 Å². The molecule has 0 radical (unpaired) electrons. The van der Waals surface area contributed by atoms with Gasteiger partial charge in [0.15, 0.2) is 0 Å². The molecule has 2 aliphatic carbocycles. The lowest BCUT2D eigenvalue weighted by molar-refractivity contribution is 0.310. The molecule has 3 aromatic rings. The highest BCUT2D eigenvalue weighted by molar-refractivity contribution is 5.61. The molecule has 0 amide bonds. The van der Waals surface area contributed by atoms with E-state index in [4.69, 9.17) is 0 Å². The maximum atomic E-state index is 2.49. The first-order valence-corrected chi connectivity index (χ1v) is 10.1.